The van der Waals surface area contributed by atoms with Crippen LogP contribution in [0.25, 0.3) is 0 Å². The lowest BCUT2D eigenvalue weighted by Crippen LogP contribution is -2.26. The highest BCUT2D eigenvalue weighted by Gasteiger charge is 2.19. The lowest BCUT2D eigenvalue weighted by Gasteiger charge is -2.25. The van der Waals surface area contributed by atoms with Crippen LogP contribution in [0.2, 0.25) is 0 Å². The smallest absolute Gasteiger partial charge is 0.223 e. The van der Waals surface area contributed by atoms with E-state index in [1.807, 2.05) is 18.7 Å². The zero-order chi connectivity index (χ0) is 12.4. The van der Waals surface area contributed by atoms with Crippen molar-refractivity contribution in [3.63, 3.8) is 0 Å². The van der Waals surface area contributed by atoms with E-state index < -0.39 is 0 Å². The molecule has 4 nitrogen and oxygen atoms in total. The van der Waals surface area contributed by atoms with Crippen LogP contribution in [0.5, 0.6) is 0 Å². The summed E-state index contributed by atoms with van der Waals surface area (Å²) in [5, 5.41) is 7.40. The van der Waals surface area contributed by atoms with Gasteiger partial charge in [0.2, 0.25) is 5.89 Å². The van der Waals surface area contributed by atoms with Crippen molar-refractivity contribution in [1.82, 2.24) is 15.5 Å². The maximum atomic E-state index is 4.97. The van der Waals surface area contributed by atoms with Crippen LogP contribution in [0.1, 0.15) is 28.9 Å². The molecule has 0 saturated carbocycles. The summed E-state index contributed by atoms with van der Waals surface area (Å²) in [5.74, 6) is 3.54. The van der Waals surface area contributed by atoms with E-state index in [-0.39, 0.29) is 0 Å². The first kappa shape index (κ1) is 11.7. The fourth-order valence-electron chi connectivity index (χ4n) is 2.18. The van der Waals surface area contributed by atoms with E-state index in [0.29, 0.717) is 18.5 Å². The Labute approximate surface area is 110 Å². The van der Waals surface area contributed by atoms with Gasteiger partial charge in [0.15, 0.2) is 5.82 Å². The summed E-state index contributed by atoms with van der Waals surface area (Å²) in [5.41, 5.74) is 2.83. The second kappa shape index (κ2) is 5.12. The van der Waals surface area contributed by atoms with Gasteiger partial charge in [0.25, 0.3) is 0 Å². The first-order valence-corrected chi connectivity index (χ1v) is 7.16. The number of benzene rings is 1. The minimum absolute atomic E-state index is 0.374. The van der Waals surface area contributed by atoms with Crippen LogP contribution in [-0.2, 0) is 12.3 Å². The van der Waals surface area contributed by atoms with Gasteiger partial charge in [-0.2, -0.15) is 16.7 Å². The Morgan fingerprint density at radius 1 is 1.44 bits per heavy atom. The highest BCUT2D eigenvalue weighted by molar-refractivity contribution is 7.98. The second-order valence-corrected chi connectivity index (χ2v) is 5.41. The predicted molar refractivity (Wildman–Crippen MR) is 71.2 cm³/mol. The van der Waals surface area contributed by atoms with E-state index in [1.165, 1.54) is 11.1 Å². The van der Waals surface area contributed by atoms with Gasteiger partial charge in [0.1, 0.15) is 0 Å². The van der Waals surface area contributed by atoms with Gasteiger partial charge in [-0.3, -0.25) is 0 Å². The van der Waals surface area contributed by atoms with Crippen molar-refractivity contribution in [1.29, 1.82) is 0 Å². The summed E-state index contributed by atoms with van der Waals surface area (Å²) >= 11 is 1.96. The van der Waals surface area contributed by atoms with Crippen LogP contribution >= 0.6 is 11.8 Å². The Hall–Kier alpha value is -1.33. The Bertz CT molecular complexity index is 541. The summed E-state index contributed by atoms with van der Waals surface area (Å²) in [6, 6.07) is 8.98. The number of rotatable bonds is 3. The number of aromatic nitrogens is 2. The van der Waals surface area contributed by atoms with Gasteiger partial charge < -0.3 is 9.84 Å². The number of hydrogen-bond donors (Lipinski definition) is 1. The molecule has 0 saturated heterocycles. The van der Waals surface area contributed by atoms with Crippen molar-refractivity contribution in [2.24, 2.45) is 0 Å². The Morgan fingerprint density at radius 3 is 3.17 bits per heavy atom. The van der Waals surface area contributed by atoms with Crippen LogP contribution in [0.15, 0.2) is 28.8 Å². The maximum absolute atomic E-state index is 4.97. The zero-order valence-corrected chi connectivity index (χ0v) is 11.0. The molecular formula is C13H15N3OS. The van der Waals surface area contributed by atoms with Gasteiger partial charge in [-0.15, -0.1) is 0 Å². The molecule has 1 N–H and O–H groups in total. The van der Waals surface area contributed by atoms with E-state index in [4.69, 9.17) is 4.52 Å². The van der Waals surface area contributed by atoms with E-state index >= 15 is 0 Å². The fraction of sp³-hybridized carbons (Fsp3) is 0.385. The third kappa shape index (κ3) is 2.42. The quantitative estimate of drug-likeness (QED) is 0.919. The van der Waals surface area contributed by atoms with Crippen molar-refractivity contribution in [2.45, 2.75) is 25.3 Å². The first-order valence-electron chi connectivity index (χ1n) is 6.01. The van der Waals surface area contributed by atoms with Crippen molar-refractivity contribution in [3.05, 3.63) is 47.1 Å². The third-order valence-corrected chi connectivity index (χ3v) is 4.13. The molecule has 94 valence electrons. The minimum atomic E-state index is 0.374. The topological polar surface area (TPSA) is 51.0 Å². The van der Waals surface area contributed by atoms with Crippen molar-refractivity contribution in [3.8, 4) is 0 Å². The number of nitrogens with zero attached hydrogens (tertiary/aromatic N) is 2. The van der Waals surface area contributed by atoms with Crippen LogP contribution in [0, 0.1) is 6.92 Å². The van der Waals surface area contributed by atoms with Gasteiger partial charge in [0, 0.05) is 24.5 Å². The number of nitrogens with one attached hydrogen (secondary N) is 1. The third-order valence-electron chi connectivity index (χ3n) is 3.05. The zero-order valence-electron chi connectivity index (χ0n) is 10.2. The molecule has 0 aliphatic carbocycles. The summed E-state index contributed by atoms with van der Waals surface area (Å²) in [4.78, 5) is 4.20. The molecule has 5 heteroatoms. The van der Waals surface area contributed by atoms with Crippen molar-refractivity contribution in [2.75, 3.05) is 5.75 Å². The molecule has 1 aliphatic heterocycles. The second-order valence-electron chi connectivity index (χ2n) is 4.38. The molecule has 1 aliphatic rings. The van der Waals surface area contributed by atoms with Crippen LogP contribution in [0.3, 0.4) is 0 Å². The minimum Gasteiger partial charge on any atom is -0.340 e. The van der Waals surface area contributed by atoms with E-state index in [1.54, 1.807) is 0 Å². The highest BCUT2D eigenvalue weighted by Crippen LogP contribution is 2.31. The lowest BCUT2D eigenvalue weighted by atomic mass is 10.0. The van der Waals surface area contributed by atoms with Crippen LogP contribution < -0.4 is 5.32 Å². The molecule has 1 aromatic heterocycles. The standard InChI is InChI=1S/C13H15N3OS/c1-9-15-13(16-17-9)6-14-12-8-18-7-10-4-2-3-5-11(10)12/h2-5,12,14H,6-8H2,1H3. The molecular weight excluding hydrogens is 246 g/mol. The highest BCUT2D eigenvalue weighted by atomic mass is 32.2. The molecule has 0 fully saturated rings. The van der Waals surface area contributed by atoms with Gasteiger partial charge in [-0.05, 0) is 11.1 Å². The molecule has 0 bridgehead atoms. The van der Waals surface area contributed by atoms with Crippen molar-refractivity contribution >= 4 is 11.8 Å². The van der Waals surface area contributed by atoms with Gasteiger partial charge in [-0.1, -0.05) is 29.4 Å². The average molecular weight is 261 g/mol. The first-order chi connectivity index (χ1) is 8.83. The summed E-state index contributed by atoms with van der Waals surface area (Å²) < 4.78 is 4.97. The monoisotopic (exact) mass is 261 g/mol. The summed E-state index contributed by atoms with van der Waals surface area (Å²) in [6.45, 7) is 2.46. The van der Waals surface area contributed by atoms with Gasteiger partial charge >= 0.3 is 0 Å². The van der Waals surface area contributed by atoms with Gasteiger partial charge in [-0.25, -0.2) is 0 Å². The predicted octanol–water partition coefficient (Wildman–Crippen LogP) is 2.46. The molecule has 1 aromatic carbocycles. The molecule has 1 atom stereocenters. The van der Waals surface area contributed by atoms with Crippen molar-refractivity contribution < 1.29 is 4.52 Å². The molecule has 0 spiro atoms. The number of thioether (sulfide) groups is 1. The number of hydrogen-bond acceptors (Lipinski definition) is 5. The molecule has 0 radical (unpaired) electrons. The largest absolute Gasteiger partial charge is 0.340 e. The molecule has 18 heavy (non-hydrogen) atoms. The Kier molecular flexibility index (Phi) is 3.34. The normalized spacial score (nSPS) is 18.6. The van der Waals surface area contributed by atoms with Crippen LogP contribution in [-0.4, -0.2) is 15.9 Å². The molecule has 3 rings (SSSR count). The average Bonchev–Trinajstić information content (AvgIpc) is 2.82. The molecule has 1 unspecified atom stereocenters. The SMILES string of the molecule is Cc1nc(CNC2CSCc3ccccc32)no1. The summed E-state index contributed by atoms with van der Waals surface area (Å²) in [6.07, 6.45) is 0. The van der Waals surface area contributed by atoms with E-state index in [9.17, 15) is 0 Å². The Morgan fingerprint density at radius 2 is 2.33 bits per heavy atom. The molecule has 2 aromatic rings. The number of fused-ring (bicyclic) bond motifs is 1. The molecule has 2 heterocycles. The van der Waals surface area contributed by atoms with E-state index in [0.717, 1.165) is 17.3 Å². The van der Waals surface area contributed by atoms with E-state index in [2.05, 4.69) is 39.7 Å². The Balaban J connectivity index is 1.71. The van der Waals surface area contributed by atoms with Crippen LogP contribution in [0.4, 0.5) is 0 Å². The number of aryl methyl sites for hydroxylation is 1. The maximum Gasteiger partial charge on any atom is 0.223 e. The fourth-order valence-corrected chi connectivity index (χ4v) is 3.31. The lowest BCUT2D eigenvalue weighted by molar-refractivity contribution is 0.384. The van der Waals surface area contributed by atoms with Gasteiger partial charge in [0.05, 0.1) is 6.54 Å². The molecule has 0 amide bonds. The summed E-state index contributed by atoms with van der Waals surface area (Å²) in [7, 11) is 0.